The first-order valence-corrected chi connectivity index (χ1v) is 16.3. The van der Waals surface area contributed by atoms with Crippen molar-refractivity contribution in [2.75, 3.05) is 82.3 Å². The normalized spacial score (nSPS) is 15.0. The number of fused-ring (bicyclic) bond motifs is 1. The van der Waals surface area contributed by atoms with E-state index in [2.05, 4.69) is 9.80 Å². The first-order valence-electron chi connectivity index (χ1n) is 15.0. The third-order valence-electron chi connectivity index (χ3n) is 8.25. The van der Waals surface area contributed by atoms with E-state index in [1.807, 2.05) is 87.1 Å². The van der Waals surface area contributed by atoms with Crippen molar-refractivity contribution in [1.29, 1.82) is 0 Å². The number of methoxy groups -OCH3 is 2. The molecular formula is C33H38Cl3N6O4+. The molecule has 2 aliphatic rings. The molecule has 0 bridgehead atoms. The highest BCUT2D eigenvalue weighted by molar-refractivity contribution is 6.32. The third kappa shape index (κ3) is 7.92. The van der Waals surface area contributed by atoms with Crippen molar-refractivity contribution in [3.05, 3.63) is 83.2 Å². The summed E-state index contributed by atoms with van der Waals surface area (Å²) in [6.07, 6.45) is 5.90. The number of rotatable bonds is 7. The second kappa shape index (κ2) is 15.6. The van der Waals surface area contributed by atoms with E-state index in [-0.39, 0.29) is 17.7 Å². The molecule has 244 valence electrons. The molecule has 4 aromatic rings. The zero-order valence-electron chi connectivity index (χ0n) is 25.9. The molecule has 2 aliphatic heterocycles. The SMILES string of the molecule is COc1cc(N2CCN(C(=O)CCl)CC2)ccc1Cl.COc1cc(N2CCN(C(=O)C[n+]3ccn4ccccc43)CC2)ccc1Cl. The van der Waals surface area contributed by atoms with Crippen molar-refractivity contribution in [2.45, 2.75) is 6.54 Å². The van der Waals surface area contributed by atoms with E-state index in [1.54, 1.807) is 19.1 Å². The number of amides is 2. The van der Waals surface area contributed by atoms with Crippen molar-refractivity contribution in [2.24, 2.45) is 0 Å². The lowest BCUT2D eigenvalue weighted by Crippen LogP contribution is -2.52. The second-order valence-corrected chi connectivity index (χ2v) is 12.0. The summed E-state index contributed by atoms with van der Waals surface area (Å²) in [6, 6.07) is 17.5. The Morgan fingerprint density at radius 1 is 0.717 bits per heavy atom. The average Bonchev–Trinajstić information content (AvgIpc) is 3.51. The van der Waals surface area contributed by atoms with Crippen LogP contribution in [0.1, 0.15) is 0 Å². The zero-order chi connectivity index (χ0) is 32.6. The van der Waals surface area contributed by atoms with Gasteiger partial charge in [0.2, 0.25) is 5.91 Å². The third-order valence-corrected chi connectivity index (χ3v) is 9.11. The Labute approximate surface area is 284 Å². The summed E-state index contributed by atoms with van der Waals surface area (Å²) in [7, 11) is 3.22. The summed E-state index contributed by atoms with van der Waals surface area (Å²) < 4.78 is 14.5. The summed E-state index contributed by atoms with van der Waals surface area (Å²) in [5.74, 6) is 1.53. The summed E-state index contributed by atoms with van der Waals surface area (Å²) >= 11 is 17.7. The lowest BCUT2D eigenvalue weighted by atomic mass is 10.2. The van der Waals surface area contributed by atoms with Gasteiger partial charge >= 0.3 is 0 Å². The van der Waals surface area contributed by atoms with Crippen LogP contribution in [0.2, 0.25) is 10.0 Å². The molecule has 0 N–H and O–H groups in total. The summed E-state index contributed by atoms with van der Waals surface area (Å²) in [5, 5.41) is 1.20. The molecule has 0 radical (unpaired) electrons. The predicted molar refractivity (Wildman–Crippen MR) is 182 cm³/mol. The quantitative estimate of drug-likeness (QED) is 0.211. The molecule has 0 atom stereocenters. The number of piperazine rings is 2. The standard InChI is InChI=1S/C20H22ClN4O2.C13H16Cl2N2O2/c1-27-18-14-16(5-6-17(18)21)22-8-11-24(12-9-22)20(26)15-25-13-10-23-7-3-2-4-19(23)25;1-19-12-8-10(2-3-11(12)15)16-4-6-17(7-5-16)13(18)9-14/h2-7,10,13-14H,8-9,11-12,15H2,1H3;2-3,8H,4-7,9H2,1H3/q+1;. The molecule has 0 spiro atoms. The van der Waals surface area contributed by atoms with Gasteiger partial charge in [-0.1, -0.05) is 29.3 Å². The number of halogens is 3. The topological polar surface area (TPSA) is 73.8 Å². The minimum Gasteiger partial charge on any atom is -0.495 e. The van der Waals surface area contributed by atoms with E-state index in [0.717, 1.165) is 43.2 Å². The number of aromatic nitrogens is 2. The van der Waals surface area contributed by atoms with E-state index in [9.17, 15) is 9.59 Å². The lowest BCUT2D eigenvalue weighted by molar-refractivity contribution is -0.658. The van der Waals surface area contributed by atoms with Crippen LogP contribution >= 0.6 is 34.8 Å². The van der Waals surface area contributed by atoms with Gasteiger partial charge in [0.1, 0.15) is 29.8 Å². The number of anilines is 2. The van der Waals surface area contributed by atoms with Crippen LogP contribution in [0.3, 0.4) is 0 Å². The van der Waals surface area contributed by atoms with Gasteiger partial charge < -0.3 is 29.1 Å². The molecular weight excluding hydrogens is 651 g/mol. The van der Waals surface area contributed by atoms with E-state index >= 15 is 0 Å². The Morgan fingerprint density at radius 2 is 1.24 bits per heavy atom. The number of hydrogen-bond donors (Lipinski definition) is 0. The lowest BCUT2D eigenvalue weighted by Gasteiger charge is -2.36. The number of carbonyl (C=O) groups excluding carboxylic acids is 2. The van der Waals surface area contributed by atoms with Crippen LogP contribution in [0.15, 0.2) is 73.2 Å². The number of hydrogen-bond acceptors (Lipinski definition) is 6. The molecule has 4 heterocycles. The number of imidazole rings is 1. The fraction of sp³-hybridized carbons (Fsp3) is 0.364. The molecule has 0 unspecified atom stereocenters. The van der Waals surface area contributed by atoms with Crippen molar-refractivity contribution in [3.8, 4) is 11.5 Å². The predicted octanol–water partition coefficient (Wildman–Crippen LogP) is 4.47. The first-order chi connectivity index (χ1) is 22.3. The van der Waals surface area contributed by atoms with Crippen LogP contribution in [0.5, 0.6) is 11.5 Å². The van der Waals surface area contributed by atoms with Gasteiger partial charge in [0.05, 0.1) is 30.5 Å². The molecule has 2 aromatic carbocycles. The fourth-order valence-corrected chi connectivity index (χ4v) is 6.19. The van der Waals surface area contributed by atoms with Crippen LogP contribution in [-0.4, -0.2) is 98.5 Å². The molecule has 13 heteroatoms. The van der Waals surface area contributed by atoms with Crippen LogP contribution in [-0.2, 0) is 16.1 Å². The van der Waals surface area contributed by atoms with Gasteiger partial charge in [-0.05, 0) is 30.3 Å². The molecule has 2 aromatic heterocycles. The van der Waals surface area contributed by atoms with Crippen molar-refractivity contribution in [1.82, 2.24) is 14.2 Å². The van der Waals surface area contributed by atoms with Gasteiger partial charge in [-0.2, -0.15) is 0 Å². The zero-order valence-corrected chi connectivity index (χ0v) is 28.2. The maximum atomic E-state index is 12.7. The maximum Gasteiger partial charge on any atom is 0.286 e. The van der Waals surface area contributed by atoms with Crippen molar-refractivity contribution in [3.63, 3.8) is 0 Å². The minimum atomic E-state index is -0.00463. The highest BCUT2D eigenvalue weighted by atomic mass is 35.5. The smallest absolute Gasteiger partial charge is 0.286 e. The first kappa shape index (κ1) is 33.5. The largest absolute Gasteiger partial charge is 0.495 e. The maximum absolute atomic E-state index is 12.7. The Kier molecular flexibility index (Phi) is 11.4. The highest BCUT2D eigenvalue weighted by Crippen LogP contribution is 2.31. The number of benzene rings is 2. The van der Waals surface area contributed by atoms with Crippen LogP contribution < -0.4 is 23.8 Å². The monoisotopic (exact) mass is 687 g/mol. The Morgan fingerprint density at radius 3 is 1.74 bits per heavy atom. The minimum absolute atomic E-state index is 0.00463. The van der Waals surface area contributed by atoms with E-state index in [1.165, 1.54) is 0 Å². The Bertz CT molecular complexity index is 1650. The van der Waals surface area contributed by atoms with Crippen LogP contribution in [0.4, 0.5) is 11.4 Å². The van der Waals surface area contributed by atoms with E-state index in [0.29, 0.717) is 54.3 Å². The Balaban J connectivity index is 0.000000193. The molecule has 2 fully saturated rings. The summed E-state index contributed by atoms with van der Waals surface area (Å²) in [4.78, 5) is 32.4. The average molecular weight is 689 g/mol. The highest BCUT2D eigenvalue weighted by Gasteiger charge is 2.24. The molecule has 2 amide bonds. The van der Waals surface area contributed by atoms with Crippen molar-refractivity contribution >= 4 is 63.6 Å². The fourth-order valence-electron chi connectivity index (χ4n) is 5.63. The van der Waals surface area contributed by atoms with Gasteiger partial charge in [0.25, 0.3) is 11.6 Å². The van der Waals surface area contributed by atoms with Crippen LogP contribution in [0, 0.1) is 0 Å². The van der Waals surface area contributed by atoms with Crippen LogP contribution in [0.25, 0.3) is 5.65 Å². The van der Waals surface area contributed by atoms with Gasteiger partial charge in [0, 0.05) is 81.9 Å². The van der Waals surface area contributed by atoms with E-state index in [4.69, 9.17) is 44.3 Å². The molecule has 10 nitrogen and oxygen atoms in total. The molecule has 46 heavy (non-hydrogen) atoms. The van der Waals surface area contributed by atoms with E-state index < -0.39 is 0 Å². The summed E-state index contributed by atoms with van der Waals surface area (Å²) in [5.41, 5.74) is 3.13. The number of alkyl halides is 1. The Hall–Kier alpha value is -3.86. The molecule has 6 rings (SSSR count). The molecule has 0 saturated carbocycles. The van der Waals surface area contributed by atoms with Gasteiger partial charge in [-0.15, -0.1) is 11.6 Å². The number of ether oxygens (including phenoxy) is 2. The van der Waals surface area contributed by atoms with Gasteiger partial charge in [-0.25, -0.2) is 8.97 Å². The number of nitrogens with zero attached hydrogens (tertiary/aromatic N) is 6. The van der Waals surface area contributed by atoms with Crippen molar-refractivity contribution < 1.29 is 23.6 Å². The molecule has 0 aliphatic carbocycles. The second-order valence-electron chi connectivity index (χ2n) is 10.9. The number of pyridine rings is 1. The van der Waals surface area contributed by atoms with Gasteiger partial charge in [-0.3, -0.25) is 9.59 Å². The molecule has 2 saturated heterocycles. The number of carbonyl (C=O) groups is 2. The summed E-state index contributed by atoms with van der Waals surface area (Å²) in [6.45, 7) is 6.30. The van der Waals surface area contributed by atoms with Gasteiger partial charge in [0.15, 0.2) is 6.54 Å².